The Bertz CT molecular complexity index is 534. The smallest absolute Gasteiger partial charge is 0.406 e. The molecule has 1 aromatic rings. The predicted octanol–water partition coefficient (Wildman–Crippen LogP) is 2.78. The van der Waals surface area contributed by atoms with Gasteiger partial charge in [-0.25, -0.2) is 0 Å². The van der Waals surface area contributed by atoms with Crippen LogP contribution >= 0.6 is 0 Å². The number of likely N-dealkylation sites (tertiary alicyclic amines) is 1. The molecule has 0 saturated carbocycles. The third-order valence-corrected chi connectivity index (χ3v) is 3.93. The molecule has 4 nitrogen and oxygen atoms in total. The van der Waals surface area contributed by atoms with E-state index in [-0.39, 0.29) is 23.4 Å². The summed E-state index contributed by atoms with van der Waals surface area (Å²) in [7, 11) is 0. The minimum absolute atomic E-state index is 0.0894. The van der Waals surface area contributed by atoms with Crippen molar-refractivity contribution >= 4 is 5.91 Å². The molecule has 1 aromatic carbocycles. The van der Waals surface area contributed by atoms with Gasteiger partial charge in [-0.1, -0.05) is 13.0 Å². The summed E-state index contributed by atoms with van der Waals surface area (Å²) in [5.41, 5.74) is 5.92. The molecule has 1 aliphatic rings. The lowest BCUT2D eigenvalue weighted by molar-refractivity contribution is -0.274. The van der Waals surface area contributed by atoms with Crippen LogP contribution in [0.3, 0.4) is 0 Å². The van der Waals surface area contributed by atoms with Gasteiger partial charge in [-0.05, 0) is 37.0 Å². The van der Waals surface area contributed by atoms with Crippen LogP contribution in [0.5, 0.6) is 5.75 Å². The van der Waals surface area contributed by atoms with Crippen LogP contribution in [0.2, 0.25) is 0 Å². The number of nitrogens with two attached hydrogens (primary N) is 1. The number of carbonyl (C=O) groups is 1. The molecule has 0 spiro atoms. The second kappa shape index (κ2) is 6.56. The van der Waals surface area contributed by atoms with E-state index in [1.54, 1.807) is 4.90 Å². The summed E-state index contributed by atoms with van der Waals surface area (Å²) in [6.07, 6.45) is -2.92. The first kappa shape index (κ1) is 16.6. The summed E-state index contributed by atoms with van der Waals surface area (Å²) in [6.45, 7) is 2.93. The monoisotopic (exact) mass is 316 g/mol. The van der Waals surface area contributed by atoms with E-state index in [0.717, 1.165) is 18.9 Å². The molecule has 1 aliphatic heterocycles. The van der Waals surface area contributed by atoms with Crippen LogP contribution in [0.15, 0.2) is 24.3 Å². The predicted molar refractivity (Wildman–Crippen MR) is 75.4 cm³/mol. The first-order chi connectivity index (χ1) is 10.3. The van der Waals surface area contributed by atoms with Crippen molar-refractivity contribution in [1.29, 1.82) is 0 Å². The Morgan fingerprint density at radius 3 is 2.82 bits per heavy atom. The van der Waals surface area contributed by atoms with Crippen LogP contribution < -0.4 is 10.5 Å². The average Bonchev–Trinajstić information content (AvgIpc) is 2.44. The fourth-order valence-electron chi connectivity index (χ4n) is 2.85. The van der Waals surface area contributed by atoms with Crippen molar-refractivity contribution in [1.82, 2.24) is 4.90 Å². The fraction of sp³-hybridized carbons (Fsp3) is 0.533. The summed E-state index contributed by atoms with van der Waals surface area (Å²) < 4.78 is 40.6. The molecule has 2 atom stereocenters. The molecule has 1 saturated heterocycles. The molecule has 1 heterocycles. The van der Waals surface area contributed by atoms with Crippen molar-refractivity contribution in [2.75, 3.05) is 13.1 Å². The molecule has 1 fully saturated rings. The molecular formula is C15H19F3N2O2. The SMILES string of the molecule is CC1CCCN(C(=O)c2cccc(OC(F)(F)F)c2)C1CN. The molecule has 0 aliphatic carbocycles. The minimum Gasteiger partial charge on any atom is -0.406 e. The largest absolute Gasteiger partial charge is 0.573 e. The number of ether oxygens (including phenoxy) is 1. The molecule has 2 unspecified atom stereocenters. The Labute approximate surface area is 127 Å². The number of benzene rings is 1. The number of halogens is 3. The lowest BCUT2D eigenvalue weighted by Gasteiger charge is -2.39. The normalized spacial score (nSPS) is 22.5. The lowest BCUT2D eigenvalue weighted by Crippen LogP contribution is -2.51. The molecule has 122 valence electrons. The van der Waals surface area contributed by atoms with Crippen LogP contribution in [0, 0.1) is 5.92 Å². The van der Waals surface area contributed by atoms with Gasteiger partial charge in [-0.2, -0.15) is 0 Å². The van der Waals surface area contributed by atoms with Crippen molar-refractivity contribution < 1.29 is 22.7 Å². The van der Waals surface area contributed by atoms with Gasteiger partial charge in [0.2, 0.25) is 0 Å². The van der Waals surface area contributed by atoms with Crippen LogP contribution in [0.25, 0.3) is 0 Å². The second-order valence-electron chi connectivity index (χ2n) is 5.50. The highest BCUT2D eigenvalue weighted by Gasteiger charge is 2.33. The van der Waals surface area contributed by atoms with Gasteiger partial charge < -0.3 is 15.4 Å². The van der Waals surface area contributed by atoms with Gasteiger partial charge in [-0.3, -0.25) is 4.79 Å². The van der Waals surface area contributed by atoms with Crippen LogP contribution in [0.4, 0.5) is 13.2 Å². The van der Waals surface area contributed by atoms with Crippen molar-refractivity contribution in [2.45, 2.75) is 32.2 Å². The highest BCUT2D eigenvalue weighted by Crippen LogP contribution is 2.27. The number of hydrogen-bond donors (Lipinski definition) is 1. The first-order valence-corrected chi connectivity index (χ1v) is 7.18. The Hall–Kier alpha value is -1.76. The van der Waals surface area contributed by atoms with Crippen LogP contribution in [-0.2, 0) is 0 Å². The zero-order valence-electron chi connectivity index (χ0n) is 12.3. The van der Waals surface area contributed by atoms with Crippen molar-refractivity contribution in [2.24, 2.45) is 11.7 Å². The third kappa shape index (κ3) is 3.91. The summed E-state index contributed by atoms with van der Waals surface area (Å²) in [5, 5.41) is 0. The number of rotatable bonds is 3. The second-order valence-corrected chi connectivity index (χ2v) is 5.50. The van der Waals surface area contributed by atoms with E-state index in [0.29, 0.717) is 13.1 Å². The van der Waals surface area contributed by atoms with Gasteiger partial charge in [0.1, 0.15) is 5.75 Å². The zero-order valence-corrected chi connectivity index (χ0v) is 12.3. The average molecular weight is 316 g/mol. The van der Waals surface area contributed by atoms with Crippen LogP contribution in [-0.4, -0.2) is 36.3 Å². The van der Waals surface area contributed by atoms with Crippen LogP contribution in [0.1, 0.15) is 30.1 Å². The number of amides is 1. The van der Waals surface area contributed by atoms with E-state index in [9.17, 15) is 18.0 Å². The highest BCUT2D eigenvalue weighted by molar-refractivity contribution is 5.95. The Balaban J connectivity index is 2.20. The van der Waals surface area contributed by atoms with Gasteiger partial charge in [0.25, 0.3) is 5.91 Å². The molecule has 2 rings (SSSR count). The van der Waals surface area contributed by atoms with E-state index in [1.165, 1.54) is 18.2 Å². The molecule has 0 radical (unpaired) electrons. The molecule has 0 bridgehead atoms. The standard InChI is InChI=1S/C15H19F3N2O2/c1-10-4-3-7-20(13(10)9-19)14(21)11-5-2-6-12(8-11)22-15(16,17)18/h2,5-6,8,10,13H,3-4,7,9,19H2,1H3. The Morgan fingerprint density at radius 1 is 1.45 bits per heavy atom. The van der Waals surface area contributed by atoms with Gasteiger partial charge in [0.15, 0.2) is 0 Å². The highest BCUT2D eigenvalue weighted by atomic mass is 19.4. The number of carbonyl (C=O) groups excluding carboxylic acids is 1. The van der Waals surface area contributed by atoms with Gasteiger partial charge >= 0.3 is 6.36 Å². The molecule has 7 heteroatoms. The number of alkyl halides is 3. The summed E-state index contributed by atoms with van der Waals surface area (Å²) in [5.74, 6) is -0.431. The maximum Gasteiger partial charge on any atom is 0.573 e. The number of hydrogen-bond acceptors (Lipinski definition) is 3. The van der Waals surface area contributed by atoms with Gasteiger partial charge in [0.05, 0.1) is 0 Å². The molecular weight excluding hydrogens is 297 g/mol. The first-order valence-electron chi connectivity index (χ1n) is 7.18. The third-order valence-electron chi connectivity index (χ3n) is 3.93. The zero-order chi connectivity index (χ0) is 16.3. The fourth-order valence-corrected chi connectivity index (χ4v) is 2.85. The number of nitrogens with zero attached hydrogens (tertiary/aromatic N) is 1. The van der Waals surface area contributed by atoms with Crippen molar-refractivity contribution in [3.8, 4) is 5.75 Å². The summed E-state index contributed by atoms with van der Waals surface area (Å²) in [6, 6.07) is 5.05. The van der Waals surface area contributed by atoms with Gasteiger partial charge in [-0.15, -0.1) is 13.2 Å². The van der Waals surface area contributed by atoms with E-state index in [4.69, 9.17) is 5.73 Å². The lowest BCUT2D eigenvalue weighted by atomic mass is 9.90. The maximum atomic E-state index is 12.6. The van der Waals surface area contributed by atoms with Gasteiger partial charge in [0, 0.05) is 24.7 Å². The van der Waals surface area contributed by atoms with E-state index >= 15 is 0 Å². The topological polar surface area (TPSA) is 55.6 Å². The van der Waals surface area contributed by atoms with Crippen molar-refractivity contribution in [3.05, 3.63) is 29.8 Å². The Morgan fingerprint density at radius 2 is 2.18 bits per heavy atom. The van der Waals surface area contributed by atoms with E-state index in [2.05, 4.69) is 4.74 Å². The quantitative estimate of drug-likeness (QED) is 0.933. The molecule has 1 amide bonds. The van der Waals surface area contributed by atoms with E-state index < -0.39 is 12.1 Å². The molecule has 22 heavy (non-hydrogen) atoms. The minimum atomic E-state index is -4.78. The summed E-state index contributed by atoms with van der Waals surface area (Å²) >= 11 is 0. The Kier molecular flexibility index (Phi) is 4.95. The molecule has 0 aromatic heterocycles. The van der Waals surface area contributed by atoms with E-state index in [1.807, 2.05) is 6.92 Å². The number of piperidine rings is 1. The molecule has 2 N–H and O–H groups in total. The summed E-state index contributed by atoms with van der Waals surface area (Å²) in [4.78, 5) is 14.2. The maximum absolute atomic E-state index is 12.6. The van der Waals surface area contributed by atoms with Crippen molar-refractivity contribution in [3.63, 3.8) is 0 Å².